The van der Waals surface area contributed by atoms with Crippen LogP contribution in [-0.4, -0.2) is 16.2 Å². The van der Waals surface area contributed by atoms with Crippen LogP contribution < -0.4 is 0 Å². The van der Waals surface area contributed by atoms with E-state index in [1.165, 1.54) is 17.7 Å². The smallest absolute Gasteiger partial charge is 0.336 e. The number of allylic oxidation sites excluding steroid dienone is 1. The number of aromatic carboxylic acids is 1. The summed E-state index contributed by atoms with van der Waals surface area (Å²) in [5.41, 5.74) is 3.68. The largest absolute Gasteiger partial charge is 0.508 e. The third-order valence-electron chi connectivity index (χ3n) is 5.24. The molecule has 4 aromatic rings. The van der Waals surface area contributed by atoms with Crippen molar-refractivity contribution in [3.05, 3.63) is 107 Å². The highest BCUT2D eigenvalue weighted by Crippen LogP contribution is 2.25. The molecule has 0 fully saturated rings. The Balaban J connectivity index is 1.52. The Labute approximate surface area is 179 Å². The summed E-state index contributed by atoms with van der Waals surface area (Å²) in [5.74, 6) is -1.04. The van der Waals surface area contributed by atoms with Crippen LogP contribution in [0.15, 0.2) is 84.9 Å². The highest BCUT2D eigenvalue weighted by Gasteiger charge is 2.10. The maximum atomic E-state index is 13.2. The molecule has 4 heteroatoms. The van der Waals surface area contributed by atoms with Gasteiger partial charge >= 0.3 is 5.97 Å². The van der Waals surface area contributed by atoms with Crippen LogP contribution in [0, 0.1) is 5.82 Å². The second-order valence-electron chi connectivity index (χ2n) is 7.42. The van der Waals surface area contributed by atoms with Crippen LogP contribution in [0.2, 0.25) is 0 Å². The molecule has 4 aromatic carbocycles. The van der Waals surface area contributed by atoms with E-state index >= 15 is 0 Å². The lowest BCUT2D eigenvalue weighted by molar-refractivity contribution is 0.0696. The molecule has 0 aliphatic rings. The normalized spacial score (nSPS) is 11.3. The minimum Gasteiger partial charge on any atom is -0.508 e. The number of aromatic hydroxyl groups is 1. The fraction of sp³-hybridized carbons (Fsp3) is 0.0741. The lowest BCUT2D eigenvalue weighted by Crippen LogP contribution is -1.99. The summed E-state index contributed by atoms with van der Waals surface area (Å²) in [6.45, 7) is 0. The maximum Gasteiger partial charge on any atom is 0.336 e. The van der Waals surface area contributed by atoms with Gasteiger partial charge in [0.2, 0.25) is 0 Å². The average Bonchev–Trinajstić information content (AvgIpc) is 2.77. The summed E-state index contributed by atoms with van der Waals surface area (Å²) in [6.07, 6.45) is 5.36. The van der Waals surface area contributed by atoms with Crippen molar-refractivity contribution < 1.29 is 19.4 Å². The Morgan fingerprint density at radius 3 is 2.32 bits per heavy atom. The van der Waals surface area contributed by atoms with E-state index in [-0.39, 0.29) is 17.1 Å². The molecule has 0 bridgehead atoms. The molecule has 0 atom stereocenters. The van der Waals surface area contributed by atoms with Gasteiger partial charge in [0.05, 0.1) is 5.56 Å². The minimum atomic E-state index is -0.983. The zero-order valence-corrected chi connectivity index (χ0v) is 16.8. The summed E-state index contributed by atoms with van der Waals surface area (Å²) in [4.78, 5) is 11.6. The average molecular weight is 412 g/mol. The third-order valence-corrected chi connectivity index (χ3v) is 5.24. The van der Waals surface area contributed by atoms with Crippen LogP contribution in [-0.2, 0) is 6.42 Å². The molecule has 0 spiro atoms. The van der Waals surface area contributed by atoms with Crippen LogP contribution in [0.3, 0.4) is 0 Å². The Bertz CT molecular complexity index is 1270. The number of fused-ring (bicyclic) bond motifs is 1. The number of carboxylic acids is 1. The van der Waals surface area contributed by atoms with Crippen molar-refractivity contribution in [3.63, 3.8) is 0 Å². The number of phenols is 1. The van der Waals surface area contributed by atoms with Gasteiger partial charge in [-0.1, -0.05) is 54.6 Å². The van der Waals surface area contributed by atoms with E-state index in [1.807, 2.05) is 36.4 Å². The molecule has 0 saturated heterocycles. The lowest BCUT2D eigenvalue weighted by Gasteiger charge is -2.07. The van der Waals surface area contributed by atoms with Crippen LogP contribution in [0.4, 0.5) is 4.39 Å². The summed E-state index contributed by atoms with van der Waals surface area (Å²) >= 11 is 0. The second kappa shape index (κ2) is 8.84. The molecular weight excluding hydrogens is 391 g/mol. The van der Waals surface area contributed by atoms with Crippen molar-refractivity contribution in [2.75, 3.05) is 0 Å². The van der Waals surface area contributed by atoms with Gasteiger partial charge in [-0.15, -0.1) is 0 Å². The number of carbonyl (C=O) groups is 1. The molecule has 0 unspecified atom stereocenters. The van der Waals surface area contributed by atoms with Gasteiger partial charge in [-0.05, 0) is 82.3 Å². The van der Waals surface area contributed by atoms with Gasteiger partial charge in [-0.2, -0.15) is 0 Å². The first kappa shape index (κ1) is 20.4. The summed E-state index contributed by atoms with van der Waals surface area (Å²) in [7, 11) is 0. The summed E-state index contributed by atoms with van der Waals surface area (Å²) in [5, 5.41) is 21.2. The van der Waals surface area contributed by atoms with Gasteiger partial charge in [0, 0.05) is 0 Å². The number of carboxylic acid groups (broad SMARTS) is 1. The van der Waals surface area contributed by atoms with Crippen LogP contribution in [0.1, 0.15) is 27.9 Å². The molecule has 0 amide bonds. The molecule has 4 rings (SSSR count). The Hall–Kier alpha value is -3.92. The number of hydrogen-bond donors (Lipinski definition) is 2. The van der Waals surface area contributed by atoms with Gasteiger partial charge in [0.15, 0.2) is 0 Å². The van der Waals surface area contributed by atoms with Gasteiger partial charge in [-0.25, -0.2) is 9.18 Å². The molecule has 31 heavy (non-hydrogen) atoms. The topological polar surface area (TPSA) is 57.5 Å². The van der Waals surface area contributed by atoms with Gasteiger partial charge in [0.1, 0.15) is 11.6 Å². The van der Waals surface area contributed by atoms with Crippen molar-refractivity contribution in [1.29, 1.82) is 0 Å². The highest BCUT2D eigenvalue weighted by molar-refractivity contribution is 5.93. The van der Waals surface area contributed by atoms with Crippen molar-refractivity contribution >= 4 is 22.8 Å². The molecular formula is C27H21FO3. The zero-order valence-electron chi connectivity index (χ0n) is 16.8. The van der Waals surface area contributed by atoms with E-state index in [0.717, 1.165) is 34.7 Å². The van der Waals surface area contributed by atoms with Gasteiger partial charge in [0.25, 0.3) is 0 Å². The number of aryl methyl sites for hydroxylation is 1. The Morgan fingerprint density at radius 1 is 0.839 bits per heavy atom. The zero-order chi connectivity index (χ0) is 21.8. The van der Waals surface area contributed by atoms with Crippen LogP contribution in [0.5, 0.6) is 5.75 Å². The molecule has 0 aromatic heterocycles. The highest BCUT2D eigenvalue weighted by atomic mass is 19.1. The van der Waals surface area contributed by atoms with Crippen molar-refractivity contribution in [2.24, 2.45) is 0 Å². The Kier molecular flexibility index (Phi) is 5.80. The summed E-state index contributed by atoms with van der Waals surface area (Å²) < 4.78 is 13.2. The first-order valence-electron chi connectivity index (χ1n) is 10.0. The van der Waals surface area contributed by atoms with E-state index in [4.69, 9.17) is 0 Å². The van der Waals surface area contributed by atoms with Crippen molar-refractivity contribution in [2.45, 2.75) is 12.8 Å². The van der Waals surface area contributed by atoms with Gasteiger partial charge in [-0.3, -0.25) is 0 Å². The monoisotopic (exact) mass is 412 g/mol. The molecule has 0 aliphatic heterocycles. The molecule has 0 radical (unpaired) electrons. The third kappa shape index (κ3) is 4.81. The molecule has 3 nitrogen and oxygen atoms in total. The van der Waals surface area contributed by atoms with Crippen molar-refractivity contribution in [1.82, 2.24) is 0 Å². The molecule has 154 valence electrons. The number of halogens is 1. The fourth-order valence-electron chi connectivity index (χ4n) is 3.62. The number of benzene rings is 4. The Morgan fingerprint density at radius 2 is 1.55 bits per heavy atom. The van der Waals surface area contributed by atoms with E-state index in [9.17, 15) is 19.4 Å². The second-order valence-corrected chi connectivity index (χ2v) is 7.42. The van der Waals surface area contributed by atoms with E-state index < -0.39 is 5.97 Å². The number of rotatable bonds is 6. The van der Waals surface area contributed by atoms with Crippen LogP contribution in [0.25, 0.3) is 28.0 Å². The SMILES string of the molecule is O=C(O)c1ccc(-c2ccc(F)cc2)cc1/C=C/CCc1ccc2cc(O)ccc2c1. The maximum absolute atomic E-state index is 13.2. The van der Waals surface area contributed by atoms with Gasteiger partial charge < -0.3 is 10.2 Å². The molecule has 0 saturated carbocycles. The predicted octanol–water partition coefficient (Wildman–Crippen LogP) is 6.70. The van der Waals surface area contributed by atoms with Crippen molar-refractivity contribution in [3.8, 4) is 16.9 Å². The molecule has 0 heterocycles. The standard InChI is InChI=1S/C27H21FO3/c28-24-11-7-19(8-12-24)21-10-14-26(27(30)31)23(16-21)4-2-1-3-18-5-6-22-17-25(29)13-9-20(22)15-18/h2,4-17,29H,1,3H2,(H,30,31)/b4-2+. The fourth-order valence-corrected chi connectivity index (χ4v) is 3.62. The minimum absolute atomic E-state index is 0.229. The first-order valence-corrected chi connectivity index (χ1v) is 10.0. The van der Waals surface area contributed by atoms with Crippen LogP contribution >= 0.6 is 0 Å². The van der Waals surface area contributed by atoms with E-state index in [2.05, 4.69) is 6.07 Å². The van der Waals surface area contributed by atoms with E-state index in [1.54, 1.807) is 36.4 Å². The predicted molar refractivity (Wildman–Crippen MR) is 122 cm³/mol. The summed E-state index contributed by atoms with van der Waals surface area (Å²) in [6, 6.07) is 22.7. The quantitative estimate of drug-likeness (QED) is 0.371. The molecule has 2 N–H and O–H groups in total. The molecule has 0 aliphatic carbocycles. The first-order chi connectivity index (χ1) is 15.0. The van der Waals surface area contributed by atoms with E-state index in [0.29, 0.717) is 5.56 Å². The number of hydrogen-bond acceptors (Lipinski definition) is 2. The lowest BCUT2D eigenvalue weighted by atomic mass is 9.98. The number of phenolic OH excluding ortho intramolecular Hbond substituents is 1.